The lowest BCUT2D eigenvalue weighted by Crippen LogP contribution is -2.49. The van der Waals surface area contributed by atoms with Crippen molar-refractivity contribution < 1.29 is 9.53 Å². The van der Waals surface area contributed by atoms with Crippen molar-refractivity contribution >= 4 is 17.3 Å². The average molecular weight is 256 g/mol. The molecule has 0 aromatic carbocycles. The second-order valence-electron chi connectivity index (χ2n) is 4.12. The number of carbonyl (C=O) groups is 1. The van der Waals surface area contributed by atoms with Gasteiger partial charge in [0, 0.05) is 24.0 Å². The van der Waals surface area contributed by atoms with Crippen LogP contribution in [0, 0.1) is 0 Å². The molecule has 1 rings (SSSR count). The molecule has 1 aromatic heterocycles. The molecule has 0 bridgehead atoms. The fourth-order valence-electron chi connectivity index (χ4n) is 1.74. The first-order valence-electron chi connectivity index (χ1n) is 5.66. The molecule has 1 unspecified atom stereocenters. The Morgan fingerprint density at radius 3 is 2.71 bits per heavy atom. The van der Waals surface area contributed by atoms with E-state index in [2.05, 4.69) is 24.8 Å². The van der Waals surface area contributed by atoms with Crippen molar-refractivity contribution in [1.82, 2.24) is 4.90 Å². The molecule has 0 fully saturated rings. The molecule has 0 aliphatic heterocycles. The highest BCUT2D eigenvalue weighted by Gasteiger charge is 2.27. The quantitative estimate of drug-likeness (QED) is 0.783. The van der Waals surface area contributed by atoms with Crippen molar-refractivity contribution in [3.05, 3.63) is 22.4 Å². The van der Waals surface area contributed by atoms with Crippen molar-refractivity contribution in [3.8, 4) is 0 Å². The van der Waals surface area contributed by atoms with Gasteiger partial charge in [-0.3, -0.25) is 9.69 Å². The predicted octanol–water partition coefficient (Wildman–Crippen LogP) is 1.46. The monoisotopic (exact) mass is 256 g/mol. The maximum Gasteiger partial charge on any atom is 0.324 e. The summed E-state index contributed by atoms with van der Waals surface area (Å²) in [6.45, 7) is 5.11. The van der Waals surface area contributed by atoms with Gasteiger partial charge in [0.2, 0.25) is 0 Å². The van der Waals surface area contributed by atoms with E-state index >= 15 is 0 Å². The summed E-state index contributed by atoms with van der Waals surface area (Å²) in [4.78, 5) is 15.0. The van der Waals surface area contributed by atoms with Crippen molar-refractivity contribution in [2.75, 3.05) is 13.7 Å². The molecule has 0 aliphatic rings. The van der Waals surface area contributed by atoms with Gasteiger partial charge in [0.1, 0.15) is 6.04 Å². The predicted molar refractivity (Wildman–Crippen MR) is 69.9 cm³/mol. The van der Waals surface area contributed by atoms with Gasteiger partial charge in [-0.05, 0) is 25.3 Å². The number of ether oxygens (including phenoxy) is 1. The highest BCUT2D eigenvalue weighted by atomic mass is 32.1. The van der Waals surface area contributed by atoms with Gasteiger partial charge in [0.05, 0.1) is 7.11 Å². The lowest BCUT2D eigenvalue weighted by atomic mass is 10.2. The number of esters is 1. The molecule has 96 valence electrons. The van der Waals surface area contributed by atoms with Crippen molar-refractivity contribution in [3.63, 3.8) is 0 Å². The molecule has 0 radical (unpaired) electrons. The number of hydrogen-bond donors (Lipinski definition) is 1. The van der Waals surface area contributed by atoms with Crippen LogP contribution in [0.15, 0.2) is 17.5 Å². The first kappa shape index (κ1) is 14.2. The Balaban J connectivity index is 2.80. The third-order valence-corrected chi connectivity index (χ3v) is 3.54. The van der Waals surface area contributed by atoms with Crippen LogP contribution in [0.1, 0.15) is 18.7 Å². The standard InChI is InChI=1S/C12H20N2O2S/c1-9(2)14(8-10-5-4-6-17-10)11(7-13)12(15)16-3/h4-6,9,11H,7-8,13H2,1-3H3. The number of nitrogens with zero attached hydrogens (tertiary/aromatic N) is 1. The highest BCUT2D eigenvalue weighted by Crippen LogP contribution is 2.16. The van der Waals surface area contributed by atoms with Crippen LogP contribution in [-0.2, 0) is 16.1 Å². The molecule has 1 heterocycles. The van der Waals surface area contributed by atoms with E-state index in [4.69, 9.17) is 10.5 Å². The van der Waals surface area contributed by atoms with Gasteiger partial charge in [-0.25, -0.2) is 0 Å². The Labute approximate surface area is 106 Å². The Morgan fingerprint density at radius 2 is 2.29 bits per heavy atom. The van der Waals surface area contributed by atoms with Crippen LogP contribution in [0.4, 0.5) is 0 Å². The lowest BCUT2D eigenvalue weighted by Gasteiger charge is -2.31. The van der Waals surface area contributed by atoms with Gasteiger partial charge in [0.15, 0.2) is 0 Å². The molecule has 2 N–H and O–H groups in total. The summed E-state index contributed by atoms with van der Waals surface area (Å²) in [6, 6.07) is 3.94. The van der Waals surface area contributed by atoms with E-state index in [1.807, 2.05) is 11.4 Å². The summed E-state index contributed by atoms with van der Waals surface area (Å²) in [5.74, 6) is -0.266. The maximum atomic E-state index is 11.7. The zero-order valence-corrected chi connectivity index (χ0v) is 11.4. The fourth-order valence-corrected chi connectivity index (χ4v) is 2.45. The van der Waals surface area contributed by atoms with E-state index in [1.165, 1.54) is 12.0 Å². The molecule has 17 heavy (non-hydrogen) atoms. The molecule has 4 nitrogen and oxygen atoms in total. The minimum atomic E-state index is -0.373. The van der Waals surface area contributed by atoms with Gasteiger partial charge >= 0.3 is 5.97 Å². The fraction of sp³-hybridized carbons (Fsp3) is 0.583. The zero-order chi connectivity index (χ0) is 12.8. The van der Waals surface area contributed by atoms with Crippen LogP contribution in [-0.4, -0.2) is 36.6 Å². The Morgan fingerprint density at radius 1 is 1.59 bits per heavy atom. The second kappa shape index (κ2) is 6.74. The topological polar surface area (TPSA) is 55.6 Å². The second-order valence-corrected chi connectivity index (χ2v) is 5.15. The van der Waals surface area contributed by atoms with E-state index in [-0.39, 0.29) is 24.6 Å². The molecule has 0 aliphatic carbocycles. The Kier molecular flexibility index (Phi) is 5.61. The van der Waals surface area contributed by atoms with Gasteiger partial charge in [-0.1, -0.05) is 6.07 Å². The van der Waals surface area contributed by atoms with Crippen LogP contribution in [0.2, 0.25) is 0 Å². The maximum absolute atomic E-state index is 11.7. The summed E-state index contributed by atoms with van der Waals surface area (Å²) in [6.07, 6.45) is 0. The van der Waals surface area contributed by atoms with Crippen LogP contribution in [0.25, 0.3) is 0 Å². The van der Waals surface area contributed by atoms with Crippen LogP contribution in [0.3, 0.4) is 0 Å². The average Bonchev–Trinajstić information content (AvgIpc) is 2.80. The molecule has 0 saturated heterocycles. The molecule has 0 spiro atoms. The summed E-state index contributed by atoms with van der Waals surface area (Å²) in [7, 11) is 1.40. The minimum Gasteiger partial charge on any atom is -0.468 e. The SMILES string of the molecule is COC(=O)C(CN)N(Cc1cccs1)C(C)C. The molecule has 1 aromatic rings. The number of nitrogens with two attached hydrogens (primary N) is 1. The normalized spacial score (nSPS) is 13.1. The molecular formula is C12H20N2O2S. The summed E-state index contributed by atoms with van der Waals surface area (Å²) in [5, 5.41) is 2.03. The van der Waals surface area contributed by atoms with Gasteiger partial charge < -0.3 is 10.5 Å². The zero-order valence-electron chi connectivity index (χ0n) is 10.6. The van der Waals surface area contributed by atoms with Crippen LogP contribution in [0.5, 0.6) is 0 Å². The number of thiophene rings is 1. The number of methoxy groups -OCH3 is 1. The Hall–Kier alpha value is -0.910. The Bertz CT molecular complexity index is 338. The molecule has 5 heteroatoms. The number of carbonyl (C=O) groups excluding carboxylic acids is 1. The minimum absolute atomic E-state index is 0.241. The van der Waals surface area contributed by atoms with Crippen molar-refractivity contribution in [2.24, 2.45) is 5.73 Å². The van der Waals surface area contributed by atoms with Crippen LogP contribution >= 0.6 is 11.3 Å². The number of rotatable bonds is 6. The highest BCUT2D eigenvalue weighted by molar-refractivity contribution is 7.09. The van der Waals surface area contributed by atoms with E-state index in [1.54, 1.807) is 11.3 Å². The molecular weight excluding hydrogens is 236 g/mol. The van der Waals surface area contributed by atoms with Crippen molar-refractivity contribution in [1.29, 1.82) is 0 Å². The summed E-state index contributed by atoms with van der Waals surface area (Å²) < 4.78 is 4.80. The van der Waals surface area contributed by atoms with Gasteiger partial charge in [0.25, 0.3) is 0 Å². The number of hydrogen-bond acceptors (Lipinski definition) is 5. The summed E-state index contributed by atoms with van der Waals surface area (Å²) >= 11 is 1.68. The van der Waals surface area contributed by atoms with E-state index in [9.17, 15) is 4.79 Å². The first-order chi connectivity index (χ1) is 8.10. The van der Waals surface area contributed by atoms with Crippen LogP contribution < -0.4 is 5.73 Å². The lowest BCUT2D eigenvalue weighted by molar-refractivity contribution is -0.147. The smallest absolute Gasteiger partial charge is 0.324 e. The molecule has 0 saturated carbocycles. The summed E-state index contributed by atoms with van der Waals surface area (Å²) in [5.41, 5.74) is 5.68. The van der Waals surface area contributed by atoms with Gasteiger partial charge in [-0.15, -0.1) is 11.3 Å². The third kappa shape index (κ3) is 3.80. The van der Waals surface area contributed by atoms with E-state index < -0.39 is 0 Å². The molecule has 0 amide bonds. The van der Waals surface area contributed by atoms with E-state index in [0.29, 0.717) is 0 Å². The first-order valence-corrected chi connectivity index (χ1v) is 6.54. The van der Waals surface area contributed by atoms with E-state index in [0.717, 1.165) is 6.54 Å². The third-order valence-electron chi connectivity index (χ3n) is 2.68. The van der Waals surface area contributed by atoms with Gasteiger partial charge in [-0.2, -0.15) is 0 Å². The molecule has 1 atom stereocenters. The van der Waals surface area contributed by atoms with Crippen molar-refractivity contribution in [2.45, 2.75) is 32.5 Å². The largest absolute Gasteiger partial charge is 0.468 e.